The lowest BCUT2D eigenvalue weighted by Gasteiger charge is -2.36. The Balaban J connectivity index is 1.45. The molecule has 3 heterocycles. The SMILES string of the molecule is O=C(c1cccnc1Sc1ccccc1)N1CCN(c2ncc(C(F)(F)F)cc2Cl)CC1. The Morgan fingerprint density at radius 3 is 2.38 bits per heavy atom. The molecule has 0 N–H and O–H groups in total. The summed E-state index contributed by atoms with van der Waals surface area (Å²) in [6.07, 6.45) is -2.07. The zero-order chi connectivity index (χ0) is 22.7. The van der Waals surface area contributed by atoms with Gasteiger partial charge in [-0.2, -0.15) is 13.2 Å². The van der Waals surface area contributed by atoms with Gasteiger partial charge in [-0.3, -0.25) is 4.79 Å². The lowest BCUT2D eigenvalue weighted by molar-refractivity contribution is -0.137. The minimum absolute atomic E-state index is 0.0617. The number of nitrogens with zero attached hydrogens (tertiary/aromatic N) is 4. The normalized spacial score (nSPS) is 14.5. The predicted octanol–water partition coefficient (Wildman–Crippen LogP) is 5.26. The molecule has 5 nitrogen and oxygen atoms in total. The highest BCUT2D eigenvalue weighted by Gasteiger charge is 2.32. The molecule has 10 heteroatoms. The molecule has 2 aromatic heterocycles. The molecule has 1 saturated heterocycles. The van der Waals surface area contributed by atoms with Crippen LogP contribution in [0.15, 0.2) is 70.8 Å². The van der Waals surface area contributed by atoms with Crippen molar-refractivity contribution in [1.29, 1.82) is 0 Å². The van der Waals surface area contributed by atoms with Crippen molar-refractivity contribution in [3.05, 3.63) is 77.1 Å². The maximum atomic E-state index is 13.2. The molecule has 0 atom stereocenters. The van der Waals surface area contributed by atoms with E-state index in [-0.39, 0.29) is 16.7 Å². The first kappa shape index (κ1) is 22.4. The van der Waals surface area contributed by atoms with Gasteiger partial charge in [0, 0.05) is 43.5 Å². The smallest absolute Gasteiger partial charge is 0.352 e. The summed E-state index contributed by atoms with van der Waals surface area (Å²) < 4.78 is 38.6. The topological polar surface area (TPSA) is 49.3 Å². The molecule has 32 heavy (non-hydrogen) atoms. The highest BCUT2D eigenvalue weighted by atomic mass is 35.5. The molecular formula is C22H18ClF3N4OS. The Kier molecular flexibility index (Phi) is 6.57. The summed E-state index contributed by atoms with van der Waals surface area (Å²) in [6, 6.07) is 14.0. The van der Waals surface area contributed by atoms with Crippen LogP contribution in [0.4, 0.5) is 19.0 Å². The second-order valence-corrected chi connectivity index (χ2v) is 8.55. The van der Waals surface area contributed by atoms with Crippen LogP contribution >= 0.6 is 23.4 Å². The number of amides is 1. The van der Waals surface area contributed by atoms with E-state index in [2.05, 4.69) is 9.97 Å². The van der Waals surface area contributed by atoms with Crippen LogP contribution in [0.1, 0.15) is 15.9 Å². The van der Waals surface area contributed by atoms with Gasteiger partial charge in [-0.1, -0.05) is 41.6 Å². The molecule has 0 saturated carbocycles. The van der Waals surface area contributed by atoms with E-state index >= 15 is 0 Å². The lowest BCUT2D eigenvalue weighted by atomic mass is 10.2. The highest BCUT2D eigenvalue weighted by molar-refractivity contribution is 7.99. The standard InChI is InChI=1S/C22H18ClF3N4OS/c23-18-13-15(22(24,25)26)14-28-19(18)29-9-11-30(12-10-29)21(31)17-7-4-8-27-20(17)32-16-5-2-1-3-6-16/h1-8,13-14H,9-12H2. The number of rotatable bonds is 4. The molecule has 4 rings (SSSR count). The predicted molar refractivity (Wildman–Crippen MR) is 117 cm³/mol. The number of hydrogen-bond acceptors (Lipinski definition) is 5. The first-order valence-corrected chi connectivity index (χ1v) is 11.0. The van der Waals surface area contributed by atoms with E-state index in [0.717, 1.165) is 17.2 Å². The summed E-state index contributed by atoms with van der Waals surface area (Å²) in [7, 11) is 0. The summed E-state index contributed by atoms with van der Waals surface area (Å²) in [4.78, 5) is 25.9. The van der Waals surface area contributed by atoms with Crippen LogP contribution in [-0.4, -0.2) is 47.0 Å². The van der Waals surface area contributed by atoms with E-state index in [9.17, 15) is 18.0 Å². The van der Waals surface area contributed by atoms with Crippen molar-refractivity contribution in [2.45, 2.75) is 16.1 Å². The molecule has 3 aromatic rings. The lowest BCUT2D eigenvalue weighted by Crippen LogP contribution is -2.49. The largest absolute Gasteiger partial charge is 0.417 e. The van der Waals surface area contributed by atoms with Gasteiger partial charge < -0.3 is 9.80 Å². The Bertz CT molecular complexity index is 1110. The van der Waals surface area contributed by atoms with Crippen LogP contribution in [0.5, 0.6) is 0 Å². The molecular weight excluding hydrogens is 461 g/mol. The fourth-order valence-electron chi connectivity index (χ4n) is 3.35. The van der Waals surface area contributed by atoms with Gasteiger partial charge in [0.1, 0.15) is 10.8 Å². The van der Waals surface area contributed by atoms with Crippen LogP contribution in [0.3, 0.4) is 0 Å². The number of benzene rings is 1. The van der Waals surface area contributed by atoms with Crippen molar-refractivity contribution in [3.63, 3.8) is 0 Å². The Morgan fingerprint density at radius 2 is 1.72 bits per heavy atom. The van der Waals surface area contributed by atoms with E-state index < -0.39 is 11.7 Å². The van der Waals surface area contributed by atoms with E-state index in [0.29, 0.717) is 36.8 Å². The first-order chi connectivity index (χ1) is 15.3. The molecule has 166 valence electrons. The molecule has 1 aliphatic rings. The van der Waals surface area contributed by atoms with E-state index in [1.54, 1.807) is 28.1 Å². The van der Waals surface area contributed by atoms with Crippen molar-refractivity contribution in [3.8, 4) is 0 Å². The van der Waals surface area contributed by atoms with E-state index in [1.165, 1.54) is 11.8 Å². The molecule has 0 radical (unpaired) electrons. The van der Waals surface area contributed by atoms with Crippen LogP contribution in [0.2, 0.25) is 5.02 Å². The number of piperazine rings is 1. The van der Waals surface area contributed by atoms with E-state index in [1.807, 2.05) is 30.3 Å². The van der Waals surface area contributed by atoms with Gasteiger partial charge in [0.2, 0.25) is 0 Å². The first-order valence-electron chi connectivity index (χ1n) is 9.78. The summed E-state index contributed by atoms with van der Waals surface area (Å²) in [5, 5.41) is 0.562. The highest BCUT2D eigenvalue weighted by Crippen LogP contribution is 2.34. The Morgan fingerprint density at radius 1 is 1.00 bits per heavy atom. The number of pyridine rings is 2. The van der Waals surface area contributed by atoms with Crippen molar-refractivity contribution in [2.24, 2.45) is 0 Å². The average Bonchev–Trinajstić information content (AvgIpc) is 2.79. The monoisotopic (exact) mass is 478 g/mol. The van der Waals surface area contributed by atoms with Crippen LogP contribution in [0.25, 0.3) is 0 Å². The Hall–Kier alpha value is -2.78. The number of hydrogen-bond donors (Lipinski definition) is 0. The van der Waals surface area contributed by atoms with E-state index in [4.69, 9.17) is 11.6 Å². The number of halogens is 4. The molecule has 0 aliphatic carbocycles. The zero-order valence-corrected chi connectivity index (χ0v) is 18.3. The Labute approximate surface area is 192 Å². The second-order valence-electron chi connectivity index (χ2n) is 7.08. The van der Waals surface area contributed by atoms with Crippen molar-refractivity contribution in [2.75, 3.05) is 31.1 Å². The van der Waals surface area contributed by atoms with Crippen molar-refractivity contribution < 1.29 is 18.0 Å². The molecule has 1 aliphatic heterocycles. The summed E-state index contributed by atoms with van der Waals surface area (Å²) in [5.41, 5.74) is -0.374. The molecule has 0 unspecified atom stereocenters. The third kappa shape index (κ3) is 4.99. The van der Waals surface area contributed by atoms with Gasteiger partial charge in [0.25, 0.3) is 5.91 Å². The van der Waals surface area contributed by atoms with Gasteiger partial charge in [-0.05, 0) is 30.3 Å². The second kappa shape index (κ2) is 9.38. The number of aromatic nitrogens is 2. The zero-order valence-electron chi connectivity index (χ0n) is 16.7. The molecule has 1 aromatic carbocycles. The summed E-state index contributed by atoms with van der Waals surface area (Å²) >= 11 is 7.49. The van der Waals surface area contributed by atoms with Crippen LogP contribution in [-0.2, 0) is 6.18 Å². The number of alkyl halides is 3. The van der Waals surface area contributed by atoms with Crippen molar-refractivity contribution >= 4 is 35.1 Å². The fourth-order valence-corrected chi connectivity index (χ4v) is 4.53. The van der Waals surface area contributed by atoms with Gasteiger partial charge in [0.15, 0.2) is 0 Å². The van der Waals surface area contributed by atoms with Gasteiger partial charge in [-0.25, -0.2) is 9.97 Å². The van der Waals surface area contributed by atoms with Crippen molar-refractivity contribution in [1.82, 2.24) is 14.9 Å². The third-order valence-electron chi connectivity index (χ3n) is 4.97. The van der Waals surface area contributed by atoms with Gasteiger partial charge >= 0.3 is 6.18 Å². The fraction of sp³-hybridized carbons (Fsp3) is 0.227. The molecule has 1 amide bonds. The minimum atomic E-state index is -4.50. The minimum Gasteiger partial charge on any atom is -0.352 e. The number of carbonyl (C=O) groups excluding carboxylic acids is 1. The molecule has 0 bridgehead atoms. The maximum Gasteiger partial charge on any atom is 0.417 e. The van der Waals surface area contributed by atoms with Crippen LogP contribution < -0.4 is 4.90 Å². The third-order valence-corrected chi connectivity index (χ3v) is 6.28. The summed E-state index contributed by atoms with van der Waals surface area (Å²) in [5.74, 6) is 0.149. The maximum absolute atomic E-state index is 13.2. The number of carbonyl (C=O) groups is 1. The molecule has 1 fully saturated rings. The average molecular weight is 479 g/mol. The quantitative estimate of drug-likeness (QED) is 0.512. The number of anilines is 1. The van der Waals surface area contributed by atoms with Gasteiger partial charge in [-0.15, -0.1) is 0 Å². The molecule has 0 spiro atoms. The summed E-state index contributed by atoms with van der Waals surface area (Å²) in [6.45, 7) is 1.60. The van der Waals surface area contributed by atoms with Gasteiger partial charge in [0.05, 0.1) is 16.1 Å². The van der Waals surface area contributed by atoms with Crippen LogP contribution in [0, 0.1) is 0 Å².